The summed E-state index contributed by atoms with van der Waals surface area (Å²) in [4.78, 5) is 20.3. The molecule has 1 fully saturated rings. The predicted molar refractivity (Wildman–Crippen MR) is 109 cm³/mol. The van der Waals surface area contributed by atoms with E-state index in [0.717, 1.165) is 32.0 Å². The zero-order chi connectivity index (χ0) is 17.6. The van der Waals surface area contributed by atoms with Crippen LogP contribution in [0.25, 0.3) is 0 Å². The molecule has 25 heavy (non-hydrogen) atoms. The van der Waals surface area contributed by atoms with E-state index < -0.39 is 0 Å². The number of hydrogen-bond donors (Lipinski definition) is 1. The highest BCUT2D eigenvalue weighted by Crippen LogP contribution is 2.04. The van der Waals surface area contributed by atoms with Gasteiger partial charge in [-0.2, -0.15) is 0 Å². The fraction of sp³-hybridized carbons (Fsp3) is 0.875. The number of halogens is 1. The van der Waals surface area contributed by atoms with Gasteiger partial charge in [-0.3, -0.25) is 4.99 Å². The topological polar surface area (TPSA) is 75.6 Å². The quantitative estimate of drug-likeness (QED) is 0.237. The van der Waals surface area contributed by atoms with Gasteiger partial charge in [0.2, 0.25) is 0 Å². The molecular weight excluding hydrogens is 439 g/mol. The van der Waals surface area contributed by atoms with Gasteiger partial charge in [-0.05, 0) is 20.3 Å². The van der Waals surface area contributed by atoms with Crippen molar-refractivity contribution < 1.29 is 19.0 Å². The summed E-state index contributed by atoms with van der Waals surface area (Å²) in [6, 6.07) is 0. The zero-order valence-electron chi connectivity index (χ0n) is 15.7. The molecule has 0 aliphatic carbocycles. The lowest BCUT2D eigenvalue weighted by atomic mass is 10.3. The highest BCUT2D eigenvalue weighted by molar-refractivity contribution is 14.0. The van der Waals surface area contributed by atoms with E-state index in [-0.39, 0.29) is 30.1 Å². The summed E-state index contributed by atoms with van der Waals surface area (Å²) in [7, 11) is 1.66. The van der Waals surface area contributed by atoms with Gasteiger partial charge in [-0.25, -0.2) is 4.79 Å². The van der Waals surface area contributed by atoms with Crippen molar-refractivity contribution in [3.63, 3.8) is 0 Å². The lowest BCUT2D eigenvalue weighted by Crippen LogP contribution is -2.53. The molecule has 8 nitrogen and oxygen atoms in total. The number of amides is 1. The summed E-state index contributed by atoms with van der Waals surface area (Å²) < 4.78 is 15.4. The molecule has 0 aromatic rings. The van der Waals surface area contributed by atoms with Crippen LogP contribution in [0.5, 0.6) is 0 Å². The average Bonchev–Trinajstić information content (AvgIpc) is 2.60. The van der Waals surface area contributed by atoms with Gasteiger partial charge >= 0.3 is 6.09 Å². The van der Waals surface area contributed by atoms with Crippen LogP contribution in [-0.2, 0) is 14.2 Å². The molecule has 1 aliphatic heterocycles. The molecule has 1 N–H and O–H groups in total. The lowest BCUT2D eigenvalue weighted by molar-refractivity contribution is 0.0702. The Hall–Kier alpha value is -0.810. The van der Waals surface area contributed by atoms with E-state index in [1.807, 2.05) is 6.92 Å². The Morgan fingerprint density at radius 2 is 1.76 bits per heavy atom. The normalized spacial score (nSPS) is 14.9. The first-order valence-corrected chi connectivity index (χ1v) is 8.74. The van der Waals surface area contributed by atoms with Crippen molar-refractivity contribution in [2.45, 2.75) is 20.3 Å². The standard InChI is InChI=1S/C16H32N4O4.HI/c1-4-17-15(18-7-6-12-23-14-13-22-3)19-8-10-20(11-9-19)16(21)24-5-2;/h4-14H2,1-3H3,(H,17,18);1H. The van der Waals surface area contributed by atoms with E-state index in [2.05, 4.69) is 22.1 Å². The molecule has 9 heteroatoms. The fourth-order valence-electron chi connectivity index (χ4n) is 2.34. The highest BCUT2D eigenvalue weighted by atomic mass is 127. The van der Waals surface area contributed by atoms with Crippen LogP contribution in [0.15, 0.2) is 4.99 Å². The van der Waals surface area contributed by atoms with E-state index in [9.17, 15) is 4.79 Å². The van der Waals surface area contributed by atoms with Crippen molar-refractivity contribution >= 4 is 36.0 Å². The molecule has 148 valence electrons. The summed E-state index contributed by atoms with van der Waals surface area (Å²) in [6.45, 7) is 10.6. The van der Waals surface area contributed by atoms with Crippen LogP contribution >= 0.6 is 24.0 Å². The molecule has 1 saturated heterocycles. The van der Waals surface area contributed by atoms with Crippen LogP contribution in [0.3, 0.4) is 0 Å². The Morgan fingerprint density at radius 1 is 1.08 bits per heavy atom. The molecule has 0 unspecified atom stereocenters. The molecule has 0 saturated carbocycles. The van der Waals surface area contributed by atoms with Gasteiger partial charge < -0.3 is 29.3 Å². The average molecular weight is 472 g/mol. The third-order valence-corrected chi connectivity index (χ3v) is 3.58. The Kier molecular flexibility index (Phi) is 14.9. The second-order valence-corrected chi connectivity index (χ2v) is 5.37. The van der Waals surface area contributed by atoms with Crippen LogP contribution in [0.2, 0.25) is 0 Å². The van der Waals surface area contributed by atoms with Gasteiger partial charge in [0, 0.05) is 53.0 Å². The smallest absolute Gasteiger partial charge is 0.409 e. The number of nitrogens with zero attached hydrogens (tertiary/aromatic N) is 3. The number of piperazine rings is 1. The molecule has 0 atom stereocenters. The Morgan fingerprint density at radius 3 is 2.36 bits per heavy atom. The molecule has 1 rings (SSSR count). The summed E-state index contributed by atoms with van der Waals surface area (Å²) in [6.07, 6.45) is 0.647. The second-order valence-electron chi connectivity index (χ2n) is 5.37. The van der Waals surface area contributed by atoms with Gasteiger partial charge in [-0.1, -0.05) is 0 Å². The van der Waals surface area contributed by atoms with Crippen molar-refractivity contribution in [2.75, 3.05) is 72.8 Å². The molecule has 0 bridgehead atoms. The number of aliphatic imine (C=N–C) groups is 1. The molecule has 1 heterocycles. The minimum atomic E-state index is -0.229. The van der Waals surface area contributed by atoms with Gasteiger partial charge in [-0.15, -0.1) is 24.0 Å². The first kappa shape index (κ1) is 24.2. The molecule has 0 radical (unpaired) electrons. The number of carbonyl (C=O) groups is 1. The lowest BCUT2D eigenvalue weighted by Gasteiger charge is -2.35. The number of ether oxygens (including phenoxy) is 3. The summed E-state index contributed by atoms with van der Waals surface area (Å²) in [5.41, 5.74) is 0. The molecular formula is C16H33IN4O4. The number of methoxy groups -OCH3 is 1. The molecule has 0 aromatic heterocycles. The van der Waals surface area contributed by atoms with E-state index >= 15 is 0 Å². The zero-order valence-corrected chi connectivity index (χ0v) is 18.0. The number of guanidine groups is 1. The van der Waals surface area contributed by atoms with Crippen molar-refractivity contribution in [1.82, 2.24) is 15.1 Å². The van der Waals surface area contributed by atoms with E-state index in [4.69, 9.17) is 14.2 Å². The molecule has 1 aliphatic rings. The Bertz CT molecular complexity index is 377. The Balaban J connectivity index is 0.00000576. The number of hydrogen-bond acceptors (Lipinski definition) is 5. The maximum atomic E-state index is 11.7. The predicted octanol–water partition coefficient (Wildman–Crippen LogP) is 1.40. The SMILES string of the molecule is CCNC(=NCCCOCCOC)N1CCN(C(=O)OCC)CC1.I. The van der Waals surface area contributed by atoms with Crippen molar-refractivity contribution in [3.05, 3.63) is 0 Å². The van der Waals surface area contributed by atoms with E-state index in [1.54, 1.807) is 12.0 Å². The minimum absolute atomic E-state index is 0. The number of carbonyl (C=O) groups excluding carboxylic acids is 1. The van der Waals surface area contributed by atoms with Gasteiger partial charge in [0.1, 0.15) is 0 Å². The Labute approximate surface area is 168 Å². The maximum Gasteiger partial charge on any atom is 0.409 e. The number of rotatable bonds is 9. The van der Waals surface area contributed by atoms with E-state index in [0.29, 0.717) is 46.1 Å². The van der Waals surface area contributed by atoms with Gasteiger partial charge in [0.15, 0.2) is 5.96 Å². The summed E-state index contributed by atoms with van der Waals surface area (Å²) in [5, 5.41) is 3.31. The van der Waals surface area contributed by atoms with Gasteiger partial charge in [0.25, 0.3) is 0 Å². The molecule has 1 amide bonds. The first-order chi connectivity index (χ1) is 11.7. The van der Waals surface area contributed by atoms with Crippen LogP contribution in [0, 0.1) is 0 Å². The third kappa shape index (κ3) is 10.0. The highest BCUT2D eigenvalue weighted by Gasteiger charge is 2.23. The van der Waals surface area contributed by atoms with Crippen molar-refractivity contribution in [1.29, 1.82) is 0 Å². The minimum Gasteiger partial charge on any atom is -0.450 e. The maximum absolute atomic E-state index is 11.7. The third-order valence-electron chi connectivity index (χ3n) is 3.58. The van der Waals surface area contributed by atoms with Crippen LogP contribution in [-0.4, -0.2) is 94.7 Å². The van der Waals surface area contributed by atoms with Crippen LogP contribution in [0.1, 0.15) is 20.3 Å². The second kappa shape index (κ2) is 15.4. The largest absolute Gasteiger partial charge is 0.450 e. The molecule has 0 aromatic carbocycles. The van der Waals surface area contributed by atoms with Crippen LogP contribution < -0.4 is 5.32 Å². The van der Waals surface area contributed by atoms with Crippen LogP contribution in [0.4, 0.5) is 4.79 Å². The first-order valence-electron chi connectivity index (χ1n) is 8.74. The summed E-state index contributed by atoms with van der Waals surface area (Å²) in [5.74, 6) is 0.901. The monoisotopic (exact) mass is 472 g/mol. The van der Waals surface area contributed by atoms with Gasteiger partial charge in [0.05, 0.1) is 19.8 Å². The van der Waals surface area contributed by atoms with Crippen molar-refractivity contribution in [3.8, 4) is 0 Å². The number of nitrogens with one attached hydrogen (secondary N) is 1. The molecule has 0 spiro atoms. The summed E-state index contributed by atoms with van der Waals surface area (Å²) >= 11 is 0. The fourth-order valence-corrected chi connectivity index (χ4v) is 2.34. The van der Waals surface area contributed by atoms with Crippen molar-refractivity contribution in [2.24, 2.45) is 4.99 Å². The van der Waals surface area contributed by atoms with E-state index in [1.165, 1.54) is 0 Å².